The van der Waals surface area contributed by atoms with E-state index in [0.717, 1.165) is 0 Å². The molecule has 1 heterocycles. The van der Waals surface area contributed by atoms with Crippen LogP contribution >= 0.6 is 11.6 Å². The van der Waals surface area contributed by atoms with Gasteiger partial charge in [-0.25, -0.2) is 9.37 Å². The topological polar surface area (TPSA) is 69.0 Å². The Labute approximate surface area is 151 Å². The molecular formula is C18H18ClFN4O. The van der Waals surface area contributed by atoms with Gasteiger partial charge in [0.25, 0.3) is 0 Å². The number of likely N-dealkylation sites (N-methyl/N-ethyl adjacent to an activating group) is 1. The lowest BCUT2D eigenvalue weighted by atomic mass is 10.1. The van der Waals surface area contributed by atoms with Crippen LogP contribution < -0.4 is 10.2 Å². The lowest BCUT2D eigenvalue weighted by Crippen LogP contribution is -2.39. The van der Waals surface area contributed by atoms with Crippen molar-refractivity contribution in [1.82, 2.24) is 4.98 Å². The van der Waals surface area contributed by atoms with Gasteiger partial charge in [-0.3, -0.25) is 4.79 Å². The monoisotopic (exact) mass is 360 g/mol. The second-order valence-corrected chi connectivity index (χ2v) is 6.09. The minimum Gasteiger partial charge on any atom is -0.357 e. The molecular weight excluding hydrogens is 343 g/mol. The number of pyridine rings is 1. The Bertz CT molecular complexity index is 846. The highest BCUT2D eigenvalue weighted by atomic mass is 35.5. The molecule has 0 aliphatic rings. The van der Waals surface area contributed by atoms with E-state index in [1.54, 1.807) is 27.8 Å². The van der Waals surface area contributed by atoms with E-state index >= 15 is 0 Å². The number of nitriles is 1. The van der Waals surface area contributed by atoms with Crippen molar-refractivity contribution in [2.75, 3.05) is 17.3 Å². The summed E-state index contributed by atoms with van der Waals surface area (Å²) >= 11 is 6.13. The first kappa shape index (κ1) is 18.7. The van der Waals surface area contributed by atoms with E-state index in [1.807, 2.05) is 0 Å². The van der Waals surface area contributed by atoms with E-state index in [0.29, 0.717) is 33.3 Å². The molecule has 25 heavy (non-hydrogen) atoms. The normalized spacial score (nSPS) is 11.6. The average molecular weight is 361 g/mol. The van der Waals surface area contributed by atoms with Crippen molar-refractivity contribution < 1.29 is 9.18 Å². The molecule has 0 aliphatic heterocycles. The first-order valence-corrected chi connectivity index (χ1v) is 8.00. The number of aryl methyl sites for hydroxylation is 1. The summed E-state index contributed by atoms with van der Waals surface area (Å²) in [6.07, 6.45) is 0. The zero-order valence-electron chi connectivity index (χ0n) is 14.4. The molecule has 7 heteroatoms. The molecule has 0 bridgehead atoms. The number of nitrogens with zero attached hydrogens (tertiary/aromatic N) is 3. The molecule has 1 aromatic carbocycles. The van der Waals surface area contributed by atoms with Crippen LogP contribution in [0.25, 0.3) is 0 Å². The average Bonchev–Trinajstić information content (AvgIpc) is 2.59. The van der Waals surface area contributed by atoms with Gasteiger partial charge in [0, 0.05) is 12.7 Å². The highest BCUT2D eigenvalue weighted by Gasteiger charge is 2.22. The summed E-state index contributed by atoms with van der Waals surface area (Å²) in [5.74, 6) is -0.302. The summed E-state index contributed by atoms with van der Waals surface area (Å²) in [4.78, 5) is 18.3. The maximum absolute atomic E-state index is 13.0. The predicted octanol–water partition coefficient (Wildman–Crippen LogP) is 3.83. The molecule has 1 aromatic heterocycles. The Morgan fingerprint density at radius 1 is 1.36 bits per heavy atom. The van der Waals surface area contributed by atoms with Crippen LogP contribution in [0, 0.1) is 31.0 Å². The molecule has 2 aromatic rings. The predicted molar refractivity (Wildman–Crippen MR) is 96.3 cm³/mol. The largest absolute Gasteiger partial charge is 0.357 e. The molecule has 0 saturated carbocycles. The lowest BCUT2D eigenvalue weighted by Gasteiger charge is -2.23. The highest BCUT2D eigenvalue weighted by molar-refractivity contribution is 6.32. The van der Waals surface area contributed by atoms with Crippen LogP contribution in [0.1, 0.15) is 23.7 Å². The van der Waals surface area contributed by atoms with Crippen LogP contribution in [-0.4, -0.2) is 24.0 Å². The number of halogens is 2. The van der Waals surface area contributed by atoms with E-state index in [1.165, 1.54) is 29.2 Å². The number of amides is 1. The summed E-state index contributed by atoms with van der Waals surface area (Å²) in [5, 5.41) is 12.8. The van der Waals surface area contributed by atoms with Gasteiger partial charge in [0.1, 0.15) is 23.7 Å². The summed E-state index contributed by atoms with van der Waals surface area (Å²) in [6, 6.07) is 7.05. The van der Waals surface area contributed by atoms with Crippen molar-refractivity contribution in [2.24, 2.45) is 0 Å². The van der Waals surface area contributed by atoms with Crippen LogP contribution in [0.2, 0.25) is 5.02 Å². The Morgan fingerprint density at radius 2 is 1.96 bits per heavy atom. The quantitative estimate of drug-likeness (QED) is 0.899. The second kappa shape index (κ2) is 7.49. The minimum absolute atomic E-state index is 0.248. The standard InChI is InChI=1S/C18H18ClFN4O/c1-10-15(9-21)17(22-11(2)16(10)19)23-12(3)18(25)24(4)14-7-5-13(20)6-8-14/h5-8,12H,1-4H3,(H,22,23). The van der Waals surface area contributed by atoms with Crippen molar-refractivity contribution in [3.05, 3.63) is 51.9 Å². The van der Waals surface area contributed by atoms with Crippen molar-refractivity contribution >= 4 is 29.0 Å². The minimum atomic E-state index is -0.644. The number of hydrogen-bond acceptors (Lipinski definition) is 4. The van der Waals surface area contributed by atoms with Gasteiger partial charge in [-0.1, -0.05) is 11.6 Å². The van der Waals surface area contributed by atoms with Gasteiger partial charge in [0.05, 0.1) is 16.3 Å². The molecule has 2 rings (SSSR count). The van der Waals surface area contributed by atoms with E-state index in [4.69, 9.17) is 11.6 Å². The first-order valence-electron chi connectivity index (χ1n) is 7.62. The van der Waals surface area contributed by atoms with E-state index in [2.05, 4.69) is 16.4 Å². The number of carbonyl (C=O) groups is 1. The molecule has 0 radical (unpaired) electrons. The SMILES string of the molecule is Cc1nc(NC(C)C(=O)N(C)c2ccc(F)cc2)c(C#N)c(C)c1Cl. The van der Waals surface area contributed by atoms with Crippen molar-refractivity contribution in [1.29, 1.82) is 5.26 Å². The number of aromatic nitrogens is 1. The van der Waals surface area contributed by atoms with E-state index < -0.39 is 6.04 Å². The number of hydrogen-bond donors (Lipinski definition) is 1. The smallest absolute Gasteiger partial charge is 0.248 e. The van der Waals surface area contributed by atoms with Crippen molar-refractivity contribution in [3.63, 3.8) is 0 Å². The van der Waals surface area contributed by atoms with Gasteiger partial charge in [-0.2, -0.15) is 5.26 Å². The number of benzene rings is 1. The fourth-order valence-electron chi connectivity index (χ4n) is 2.42. The molecule has 0 fully saturated rings. The van der Waals surface area contributed by atoms with Crippen LogP contribution in [0.15, 0.2) is 24.3 Å². The van der Waals surface area contributed by atoms with Gasteiger partial charge in [-0.05, 0) is 50.6 Å². The molecule has 0 aliphatic carbocycles. The van der Waals surface area contributed by atoms with Crippen LogP contribution in [0.4, 0.5) is 15.9 Å². The van der Waals surface area contributed by atoms with Crippen molar-refractivity contribution in [3.8, 4) is 6.07 Å². The molecule has 1 atom stereocenters. The summed E-state index contributed by atoms with van der Waals surface area (Å²) < 4.78 is 13.0. The zero-order chi connectivity index (χ0) is 18.7. The number of nitrogens with one attached hydrogen (secondary N) is 1. The molecule has 5 nitrogen and oxygen atoms in total. The maximum atomic E-state index is 13.0. The molecule has 1 unspecified atom stereocenters. The molecule has 1 N–H and O–H groups in total. The van der Waals surface area contributed by atoms with Gasteiger partial charge >= 0.3 is 0 Å². The van der Waals surface area contributed by atoms with Gasteiger partial charge < -0.3 is 10.2 Å². The summed E-state index contributed by atoms with van der Waals surface area (Å²) in [6.45, 7) is 5.14. The Kier molecular flexibility index (Phi) is 5.60. The van der Waals surface area contributed by atoms with Gasteiger partial charge in [-0.15, -0.1) is 0 Å². The van der Waals surface area contributed by atoms with Crippen LogP contribution in [0.3, 0.4) is 0 Å². The number of carbonyl (C=O) groups excluding carboxylic acids is 1. The lowest BCUT2D eigenvalue weighted by molar-refractivity contribution is -0.118. The highest BCUT2D eigenvalue weighted by Crippen LogP contribution is 2.27. The molecule has 1 amide bonds. The zero-order valence-corrected chi connectivity index (χ0v) is 15.1. The van der Waals surface area contributed by atoms with Gasteiger partial charge in [0.15, 0.2) is 0 Å². The van der Waals surface area contributed by atoms with Crippen LogP contribution in [0.5, 0.6) is 0 Å². The summed E-state index contributed by atoms with van der Waals surface area (Å²) in [7, 11) is 1.60. The third-order valence-electron chi connectivity index (χ3n) is 3.92. The van der Waals surface area contributed by atoms with Crippen molar-refractivity contribution in [2.45, 2.75) is 26.8 Å². The third-order valence-corrected chi connectivity index (χ3v) is 4.48. The fraction of sp³-hybridized carbons (Fsp3) is 0.278. The Balaban J connectivity index is 2.25. The number of rotatable bonds is 4. The van der Waals surface area contributed by atoms with Crippen LogP contribution in [-0.2, 0) is 4.79 Å². The molecule has 0 spiro atoms. The maximum Gasteiger partial charge on any atom is 0.248 e. The third kappa shape index (κ3) is 3.89. The second-order valence-electron chi connectivity index (χ2n) is 5.71. The van der Waals surface area contributed by atoms with E-state index in [9.17, 15) is 14.4 Å². The molecule has 0 saturated heterocycles. The van der Waals surface area contributed by atoms with Gasteiger partial charge in [0.2, 0.25) is 5.91 Å². The summed E-state index contributed by atoms with van der Waals surface area (Å²) in [5.41, 5.74) is 2.06. The fourth-order valence-corrected chi connectivity index (χ4v) is 2.56. The van der Waals surface area contributed by atoms with E-state index in [-0.39, 0.29) is 11.7 Å². The number of anilines is 2. The first-order chi connectivity index (χ1) is 11.8. The Morgan fingerprint density at radius 3 is 2.52 bits per heavy atom. The molecule has 130 valence electrons. The Hall–Kier alpha value is -2.65.